The highest BCUT2D eigenvalue weighted by atomic mass is 16.3. The van der Waals surface area contributed by atoms with Crippen LogP contribution in [0.25, 0.3) is 0 Å². The van der Waals surface area contributed by atoms with E-state index in [-0.39, 0.29) is 0 Å². The Morgan fingerprint density at radius 3 is 2.50 bits per heavy atom. The summed E-state index contributed by atoms with van der Waals surface area (Å²) in [5, 5.41) is 18.9. The lowest BCUT2D eigenvalue weighted by Gasteiger charge is -2.30. The summed E-state index contributed by atoms with van der Waals surface area (Å²) in [5.74, 6) is 0. The minimum absolute atomic E-state index is 0.454. The van der Waals surface area contributed by atoms with Gasteiger partial charge in [-0.2, -0.15) is 0 Å². The maximum absolute atomic E-state index is 9.70. The van der Waals surface area contributed by atoms with Gasteiger partial charge in [-0.05, 0) is 26.3 Å². The maximum Gasteiger partial charge on any atom is 0.120 e. The van der Waals surface area contributed by atoms with Gasteiger partial charge in [-0.1, -0.05) is 6.92 Å². The second-order valence-electron chi connectivity index (χ2n) is 2.97. The van der Waals surface area contributed by atoms with Crippen molar-refractivity contribution in [3.63, 3.8) is 0 Å². The molecule has 1 aliphatic rings. The zero-order chi connectivity index (χ0) is 7.78. The molecule has 1 rings (SSSR count). The summed E-state index contributed by atoms with van der Waals surface area (Å²) < 4.78 is 0. The molecule has 0 aromatic heterocycles. The molecule has 2 N–H and O–H groups in total. The van der Waals surface area contributed by atoms with Crippen LogP contribution in [0.5, 0.6) is 0 Å². The smallest absolute Gasteiger partial charge is 0.120 e. The first kappa shape index (κ1) is 7.98. The van der Waals surface area contributed by atoms with Crippen LogP contribution in [-0.2, 0) is 0 Å². The van der Waals surface area contributed by atoms with Gasteiger partial charge in [0, 0.05) is 0 Å². The van der Waals surface area contributed by atoms with Crippen molar-refractivity contribution in [2.45, 2.75) is 38.1 Å². The SMILES string of the molecule is CCC1(O)CCC(O)N1C. The third-order valence-corrected chi connectivity index (χ3v) is 2.47. The fourth-order valence-corrected chi connectivity index (χ4v) is 1.43. The number of aliphatic hydroxyl groups excluding tert-OH is 1. The molecule has 1 saturated heterocycles. The van der Waals surface area contributed by atoms with Gasteiger partial charge in [-0.3, -0.25) is 4.90 Å². The Labute approximate surface area is 61.3 Å². The summed E-state index contributed by atoms with van der Waals surface area (Å²) in [6.07, 6.45) is 1.59. The van der Waals surface area contributed by atoms with Crippen LogP contribution in [0.3, 0.4) is 0 Å². The molecule has 1 fully saturated rings. The van der Waals surface area contributed by atoms with Crippen LogP contribution < -0.4 is 0 Å². The predicted molar refractivity (Wildman–Crippen MR) is 38.2 cm³/mol. The summed E-state index contributed by atoms with van der Waals surface area (Å²) in [4.78, 5) is 1.63. The van der Waals surface area contributed by atoms with E-state index in [1.54, 1.807) is 11.9 Å². The molecule has 3 nitrogen and oxygen atoms in total. The molecule has 2 unspecified atom stereocenters. The average molecular weight is 145 g/mol. The van der Waals surface area contributed by atoms with Crippen molar-refractivity contribution in [2.24, 2.45) is 0 Å². The molecule has 10 heavy (non-hydrogen) atoms. The first-order valence-electron chi connectivity index (χ1n) is 3.73. The van der Waals surface area contributed by atoms with Gasteiger partial charge in [0.25, 0.3) is 0 Å². The topological polar surface area (TPSA) is 43.7 Å². The van der Waals surface area contributed by atoms with Crippen molar-refractivity contribution >= 4 is 0 Å². The first-order chi connectivity index (χ1) is 4.60. The predicted octanol–water partition coefficient (Wildman–Crippen LogP) is 0.129. The number of hydrogen-bond acceptors (Lipinski definition) is 3. The fraction of sp³-hybridized carbons (Fsp3) is 1.00. The fourth-order valence-electron chi connectivity index (χ4n) is 1.43. The third-order valence-electron chi connectivity index (χ3n) is 2.47. The molecule has 0 aliphatic carbocycles. The molecule has 0 aromatic carbocycles. The van der Waals surface area contributed by atoms with Crippen LogP contribution in [0.15, 0.2) is 0 Å². The van der Waals surface area contributed by atoms with Crippen molar-refractivity contribution < 1.29 is 10.2 Å². The Morgan fingerprint density at radius 2 is 2.30 bits per heavy atom. The summed E-state index contributed by atoms with van der Waals surface area (Å²) in [7, 11) is 1.75. The molecule has 0 amide bonds. The molecule has 0 bridgehead atoms. The van der Waals surface area contributed by atoms with Crippen molar-refractivity contribution in [3.05, 3.63) is 0 Å². The summed E-state index contributed by atoms with van der Waals surface area (Å²) in [6.45, 7) is 1.93. The van der Waals surface area contributed by atoms with Crippen molar-refractivity contribution in [1.82, 2.24) is 4.90 Å². The van der Waals surface area contributed by atoms with E-state index in [1.807, 2.05) is 6.92 Å². The van der Waals surface area contributed by atoms with Gasteiger partial charge in [-0.25, -0.2) is 0 Å². The first-order valence-corrected chi connectivity index (χ1v) is 3.73. The lowest BCUT2D eigenvalue weighted by molar-refractivity contribution is -0.119. The minimum atomic E-state index is -0.751. The van der Waals surface area contributed by atoms with E-state index >= 15 is 0 Å². The van der Waals surface area contributed by atoms with Gasteiger partial charge < -0.3 is 10.2 Å². The van der Waals surface area contributed by atoms with E-state index in [0.717, 1.165) is 0 Å². The highest BCUT2D eigenvalue weighted by Gasteiger charge is 2.39. The third kappa shape index (κ3) is 1.05. The highest BCUT2D eigenvalue weighted by molar-refractivity contribution is 4.84. The molecule has 60 valence electrons. The van der Waals surface area contributed by atoms with Gasteiger partial charge in [0.15, 0.2) is 0 Å². The molecule has 0 aromatic rings. The maximum atomic E-state index is 9.70. The second-order valence-corrected chi connectivity index (χ2v) is 2.97. The van der Waals surface area contributed by atoms with Crippen LogP contribution in [0.1, 0.15) is 26.2 Å². The van der Waals surface area contributed by atoms with E-state index in [9.17, 15) is 10.2 Å². The van der Waals surface area contributed by atoms with Gasteiger partial charge >= 0.3 is 0 Å². The van der Waals surface area contributed by atoms with E-state index in [4.69, 9.17) is 0 Å². The Hall–Kier alpha value is -0.120. The molecule has 0 radical (unpaired) electrons. The Balaban J connectivity index is 2.64. The molecular formula is C7H15NO2. The van der Waals surface area contributed by atoms with Crippen LogP contribution in [0, 0.1) is 0 Å². The van der Waals surface area contributed by atoms with Gasteiger partial charge in [0.05, 0.1) is 0 Å². The zero-order valence-corrected chi connectivity index (χ0v) is 6.54. The molecule has 1 heterocycles. The standard InChI is InChI=1S/C7H15NO2/c1-3-7(10)5-4-6(9)8(7)2/h6,9-10H,3-5H2,1-2H3. The quantitative estimate of drug-likeness (QED) is 0.551. The van der Waals surface area contributed by atoms with Crippen molar-refractivity contribution in [2.75, 3.05) is 7.05 Å². The minimum Gasteiger partial charge on any atom is -0.378 e. The second kappa shape index (κ2) is 2.49. The summed E-state index contributed by atoms with van der Waals surface area (Å²) >= 11 is 0. The molecule has 1 aliphatic heterocycles. The van der Waals surface area contributed by atoms with Crippen molar-refractivity contribution in [1.29, 1.82) is 0 Å². The van der Waals surface area contributed by atoms with Crippen LogP contribution in [0.4, 0.5) is 0 Å². The summed E-state index contributed by atoms with van der Waals surface area (Å²) in [6, 6.07) is 0. The molecule has 2 atom stereocenters. The molecule has 3 heteroatoms. The Morgan fingerprint density at radius 1 is 1.70 bits per heavy atom. The largest absolute Gasteiger partial charge is 0.378 e. The normalized spacial score (nSPS) is 42.6. The van der Waals surface area contributed by atoms with Crippen molar-refractivity contribution in [3.8, 4) is 0 Å². The molecule has 0 saturated carbocycles. The zero-order valence-electron chi connectivity index (χ0n) is 6.54. The summed E-state index contributed by atoms with van der Waals surface area (Å²) in [5.41, 5.74) is -0.751. The van der Waals surface area contributed by atoms with Gasteiger partial charge in [0.2, 0.25) is 0 Å². The van der Waals surface area contributed by atoms with Gasteiger partial charge in [-0.15, -0.1) is 0 Å². The molecule has 0 spiro atoms. The number of hydrogen-bond donors (Lipinski definition) is 2. The van der Waals surface area contributed by atoms with E-state index < -0.39 is 12.0 Å². The Bertz CT molecular complexity index is 129. The number of nitrogens with zero attached hydrogens (tertiary/aromatic N) is 1. The van der Waals surface area contributed by atoms with E-state index in [2.05, 4.69) is 0 Å². The highest BCUT2D eigenvalue weighted by Crippen LogP contribution is 2.31. The van der Waals surface area contributed by atoms with Crippen LogP contribution in [-0.4, -0.2) is 34.1 Å². The van der Waals surface area contributed by atoms with Crippen LogP contribution in [0.2, 0.25) is 0 Å². The number of rotatable bonds is 1. The van der Waals surface area contributed by atoms with Gasteiger partial charge in [0.1, 0.15) is 12.0 Å². The number of likely N-dealkylation sites (tertiary alicyclic amines) is 1. The monoisotopic (exact) mass is 145 g/mol. The van der Waals surface area contributed by atoms with E-state index in [1.165, 1.54) is 0 Å². The lowest BCUT2D eigenvalue weighted by Crippen LogP contribution is -2.43. The number of aliphatic hydroxyl groups is 2. The molecular weight excluding hydrogens is 130 g/mol. The Kier molecular flexibility index (Phi) is 1.99. The average Bonchev–Trinajstić information content (AvgIpc) is 2.19. The lowest BCUT2D eigenvalue weighted by atomic mass is 10.1. The van der Waals surface area contributed by atoms with E-state index in [0.29, 0.717) is 19.3 Å². The van der Waals surface area contributed by atoms with Crippen LogP contribution >= 0.6 is 0 Å².